The number of alkyl halides is 1. The average Bonchev–Trinajstić information content (AvgIpc) is 3.20. The molecule has 1 aliphatic heterocycles. The van der Waals surface area contributed by atoms with Crippen LogP contribution < -0.4 is 5.32 Å². The molecule has 0 bridgehead atoms. The zero-order valence-corrected chi connectivity index (χ0v) is 11.5. The van der Waals surface area contributed by atoms with Crippen molar-refractivity contribution in [3.05, 3.63) is 29.3 Å². The molecule has 0 aromatic heterocycles. The predicted molar refractivity (Wildman–Crippen MR) is 74.7 cm³/mol. The molecule has 21 heavy (non-hydrogen) atoms. The number of anilines is 1. The normalized spacial score (nSPS) is 23.4. The molecule has 1 fully saturated rings. The van der Waals surface area contributed by atoms with Crippen molar-refractivity contribution in [3.63, 3.8) is 0 Å². The lowest BCUT2D eigenvalue weighted by molar-refractivity contribution is -0.135. The molecule has 1 aromatic rings. The minimum atomic E-state index is -0.970. The first-order chi connectivity index (χ1) is 10.1. The third-order valence-corrected chi connectivity index (χ3v) is 4.04. The third kappa shape index (κ3) is 2.84. The van der Waals surface area contributed by atoms with Crippen molar-refractivity contribution < 1.29 is 19.1 Å². The topological polar surface area (TPSA) is 69.6 Å². The van der Waals surface area contributed by atoms with Crippen LogP contribution in [-0.4, -0.2) is 41.1 Å². The van der Waals surface area contributed by atoms with Crippen LogP contribution in [0.1, 0.15) is 17.5 Å². The van der Waals surface area contributed by atoms with E-state index in [9.17, 15) is 14.0 Å². The molecule has 0 spiro atoms. The van der Waals surface area contributed by atoms with E-state index >= 15 is 0 Å². The fraction of sp³-hybridized carbons (Fsp3) is 0.467. The summed E-state index contributed by atoms with van der Waals surface area (Å²) in [6, 6.07) is 5.62. The largest absolute Gasteiger partial charge is 0.480 e. The molecule has 5 nitrogen and oxygen atoms in total. The van der Waals surface area contributed by atoms with Gasteiger partial charge in [0.25, 0.3) is 0 Å². The molecule has 2 aliphatic rings. The molecule has 6 heteroatoms. The van der Waals surface area contributed by atoms with Crippen molar-refractivity contribution in [2.45, 2.75) is 25.6 Å². The van der Waals surface area contributed by atoms with Gasteiger partial charge in [-0.15, -0.1) is 0 Å². The Balaban J connectivity index is 1.73. The van der Waals surface area contributed by atoms with Crippen molar-refractivity contribution in [1.29, 1.82) is 0 Å². The summed E-state index contributed by atoms with van der Waals surface area (Å²) >= 11 is 0. The number of carboxylic acids is 1. The van der Waals surface area contributed by atoms with Gasteiger partial charge in [0.05, 0.1) is 5.92 Å². The van der Waals surface area contributed by atoms with Gasteiger partial charge in [-0.25, -0.2) is 4.39 Å². The minimum absolute atomic E-state index is 0.1000. The molecule has 3 rings (SSSR count). The molecular formula is C15H17FN2O3. The van der Waals surface area contributed by atoms with E-state index in [0.717, 1.165) is 16.8 Å². The fourth-order valence-electron chi connectivity index (χ4n) is 2.79. The second kappa shape index (κ2) is 5.35. The number of nitrogens with one attached hydrogen (secondary N) is 1. The van der Waals surface area contributed by atoms with E-state index in [-0.39, 0.29) is 12.5 Å². The van der Waals surface area contributed by atoms with Crippen molar-refractivity contribution in [2.75, 3.05) is 18.4 Å². The number of hydrogen-bond donors (Lipinski definition) is 2. The highest BCUT2D eigenvalue weighted by Crippen LogP contribution is 2.37. The van der Waals surface area contributed by atoms with Crippen molar-refractivity contribution in [3.8, 4) is 0 Å². The highest BCUT2D eigenvalue weighted by Gasteiger charge is 2.46. The maximum Gasteiger partial charge on any atom is 0.322 e. The number of benzene rings is 1. The van der Waals surface area contributed by atoms with Crippen LogP contribution in [0.25, 0.3) is 0 Å². The molecule has 0 radical (unpaired) electrons. The number of aliphatic carboxylic acids is 1. The van der Waals surface area contributed by atoms with E-state index < -0.39 is 18.1 Å². The quantitative estimate of drug-likeness (QED) is 0.880. The van der Waals surface area contributed by atoms with E-state index in [2.05, 4.69) is 5.32 Å². The lowest BCUT2D eigenvalue weighted by Crippen LogP contribution is -2.37. The van der Waals surface area contributed by atoms with Crippen LogP contribution in [-0.2, 0) is 22.6 Å². The monoisotopic (exact) mass is 292 g/mol. The number of rotatable bonds is 4. The molecule has 2 N–H and O–H groups in total. The first-order valence-corrected chi connectivity index (χ1v) is 7.05. The molecule has 1 aromatic carbocycles. The maximum atomic E-state index is 13.0. The van der Waals surface area contributed by atoms with Gasteiger partial charge in [0.15, 0.2) is 0 Å². The second-order valence-electron chi connectivity index (χ2n) is 5.56. The molecule has 1 aliphatic carbocycles. The highest BCUT2D eigenvalue weighted by atomic mass is 19.1. The summed E-state index contributed by atoms with van der Waals surface area (Å²) in [4.78, 5) is 24.4. The minimum Gasteiger partial charge on any atom is -0.480 e. The molecule has 2 unspecified atom stereocenters. The van der Waals surface area contributed by atoms with E-state index in [0.29, 0.717) is 25.9 Å². The fourth-order valence-corrected chi connectivity index (χ4v) is 2.79. The van der Waals surface area contributed by atoms with Gasteiger partial charge in [-0.2, -0.15) is 0 Å². The number of hydrogen-bond acceptors (Lipinski definition) is 3. The Bertz CT molecular complexity index is 590. The summed E-state index contributed by atoms with van der Waals surface area (Å²) in [5, 5.41) is 11.6. The molecular weight excluding hydrogens is 275 g/mol. The van der Waals surface area contributed by atoms with E-state index in [1.54, 1.807) is 4.90 Å². The van der Waals surface area contributed by atoms with Crippen molar-refractivity contribution >= 4 is 17.6 Å². The molecule has 1 heterocycles. The molecule has 1 amide bonds. The van der Waals surface area contributed by atoms with Crippen LogP contribution in [0, 0.1) is 5.92 Å². The van der Waals surface area contributed by atoms with Crippen LogP contribution >= 0.6 is 0 Å². The highest BCUT2D eigenvalue weighted by molar-refractivity contribution is 5.82. The first kappa shape index (κ1) is 13.9. The number of halogens is 1. The number of carbonyl (C=O) groups is 2. The summed E-state index contributed by atoms with van der Waals surface area (Å²) in [7, 11) is 0. The van der Waals surface area contributed by atoms with Gasteiger partial charge in [0.1, 0.15) is 12.7 Å². The van der Waals surface area contributed by atoms with Crippen LogP contribution in [0.5, 0.6) is 0 Å². The van der Waals surface area contributed by atoms with Crippen LogP contribution in [0.4, 0.5) is 10.1 Å². The summed E-state index contributed by atoms with van der Waals surface area (Å²) in [6.45, 7) is 0.894. The van der Waals surface area contributed by atoms with Crippen molar-refractivity contribution in [2.24, 2.45) is 5.92 Å². The summed E-state index contributed by atoms with van der Waals surface area (Å²) in [6.07, 6.45) is 0.0399. The SMILES string of the molecule is O=C(O)CNc1cccc2c1CCN(C(=O)C1CC1F)C2. The Morgan fingerprint density at radius 2 is 2.19 bits per heavy atom. The lowest BCUT2D eigenvalue weighted by atomic mass is 9.97. The molecule has 1 saturated carbocycles. The maximum absolute atomic E-state index is 13.0. The Morgan fingerprint density at radius 1 is 1.43 bits per heavy atom. The summed E-state index contributed by atoms with van der Waals surface area (Å²) in [5.74, 6) is -1.46. The Kier molecular flexibility index (Phi) is 3.53. The van der Waals surface area contributed by atoms with Gasteiger partial charge < -0.3 is 15.3 Å². The van der Waals surface area contributed by atoms with Gasteiger partial charge in [0.2, 0.25) is 5.91 Å². The smallest absolute Gasteiger partial charge is 0.322 e. The van der Waals surface area contributed by atoms with Crippen LogP contribution in [0.3, 0.4) is 0 Å². The molecule has 0 saturated heterocycles. The summed E-state index contributed by atoms with van der Waals surface area (Å²) in [5.41, 5.74) is 2.85. The first-order valence-electron chi connectivity index (χ1n) is 7.05. The van der Waals surface area contributed by atoms with Crippen LogP contribution in [0.2, 0.25) is 0 Å². The van der Waals surface area contributed by atoms with Gasteiger partial charge in [-0.05, 0) is 30.0 Å². The standard InChI is InChI=1S/C15H17FN2O3/c16-12-6-11(12)15(21)18-5-4-10-9(8-18)2-1-3-13(10)17-7-14(19)20/h1-3,11-12,17H,4-8H2,(H,19,20). The average molecular weight is 292 g/mol. The van der Waals surface area contributed by atoms with Gasteiger partial charge >= 0.3 is 5.97 Å². The molecule has 112 valence electrons. The van der Waals surface area contributed by atoms with E-state index in [4.69, 9.17) is 5.11 Å². The van der Waals surface area contributed by atoms with Gasteiger partial charge in [-0.3, -0.25) is 9.59 Å². The zero-order valence-electron chi connectivity index (χ0n) is 11.5. The summed E-state index contributed by atoms with van der Waals surface area (Å²) < 4.78 is 13.0. The lowest BCUT2D eigenvalue weighted by Gasteiger charge is -2.30. The Morgan fingerprint density at radius 3 is 2.86 bits per heavy atom. The third-order valence-electron chi connectivity index (χ3n) is 4.04. The number of carboxylic acid groups (broad SMARTS) is 1. The zero-order chi connectivity index (χ0) is 15.0. The number of nitrogens with zero attached hydrogens (tertiary/aromatic N) is 1. The number of amides is 1. The second-order valence-corrected chi connectivity index (χ2v) is 5.56. The number of fused-ring (bicyclic) bond motifs is 1. The van der Waals surface area contributed by atoms with E-state index in [1.807, 2.05) is 18.2 Å². The van der Waals surface area contributed by atoms with Gasteiger partial charge in [-0.1, -0.05) is 12.1 Å². The Hall–Kier alpha value is -2.11. The predicted octanol–water partition coefficient (Wildman–Crippen LogP) is 1.43. The molecule has 2 atom stereocenters. The van der Waals surface area contributed by atoms with E-state index in [1.165, 1.54) is 0 Å². The van der Waals surface area contributed by atoms with Gasteiger partial charge in [0, 0.05) is 18.8 Å². The van der Waals surface area contributed by atoms with Crippen LogP contribution in [0.15, 0.2) is 18.2 Å². The Labute approximate surface area is 121 Å². The van der Waals surface area contributed by atoms with Crippen molar-refractivity contribution in [1.82, 2.24) is 4.90 Å². The number of carbonyl (C=O) groups excluding carboxylic acids is 1.